The van der Waals surface area contributed by atoms with Gasteiger partial charge in [0, 0.05) is 36.1 Å². The fourth-order valence-electron chi connectivity index (χ4n) is 3.28. The van der Waals surface area contributed by atoms with Crippen LogP contribution >= 0.6 is 11.3 Å². The molecular weight excluding hydrogens is 426 g/mol. The Morgan fingerprint density at radius 2 is 2.19 bits per heavy atom. The van der Waals surface area contributed by atoms with E-state index < -0.39 is 6.09 Å². The minimum atomic E-state index is -0.432. The fraction of sp³-hybridized carbons (Fsp3) is 0.174. The van der Waals surface area contributed by atoms with Crippen molar-refractivity contribution in [1.82, 2.24) is 14.9 Å². The van der Waals surface area contributed by atoms with E-state index in [0.717, 1.165) is 16.0 Å². The Hall–Kier alpha value is -4.03. The van der Waals surface area contributed by atoms with Crippen molar-refractivity contribution in [3.8, 4) is 6.07 Å². The van der Waals surface area contributed by atoms with Gasteiger partial charge in [-0.05, 0) is 41.8 Å². The number of nitrogens with zero attached hydrogens (tertiary/aromatic N) is 4. The second-order valence-corrected chi connectivity index (χ2v) is 8.08. The van der Waals surface area contributed by atoms with Crippen LogP contribution in [-0.4, -0.2) is 33.4 Å². The van der Waals surface area contributed by atoms with Gasteiger partial charge in [-0.3, -0.25) is 14.8 Å². The van der Waals surface area contributed by atoms with Crippen molar-refractivity contribution in [2.75, 3.05) is 11.9 Å². The van der Waals surface area contributed by atoms with Crippen molar-refractivity contribution in [3.63, 3.8) is 0 Å². The molecule has 8 nitrogen and oxygen atoms in total. The van der Waals surface area contributed by atoms with Crippen molar-refractivity contribution < 1.29 is 14.3 Å². The van der Waals surface area contributed by atoms with Crippen LogP contribution in [0.3, 0.4) is 0 Å². The van der Waals surface area contributed by atoms with Gasteiger partial charge < -0.3 is 15.0 Å². The lowest BCUT2D eigenvalue weighted by molar-refractivity contribution is -0.111. The minimum absolute atomic E-state index is 0.0987. The quantitative estimate of drug-likeness (QED) is 0.599. The van der Waals surface area contributed by atoms with Crippen molar-refractivity contribution >= 4 is 34.4 Å². The van der Waals surface area contributed by atoms with Gasteiger partial charge in [-0.2, -0.15) is 5.26 Å². The first kappa shape index (κ1) is 21.2. The molecule has 0 saturated heterocycles. The minimum Gasteiger partial charge on any atom is -0.443 e. The molecule has 4 heterocycles. The van der Waals surface area contributed by atoms with Crippen LogP contribution in [0.4, 0.5) is 9.80 Å². The van der Waals surface area contributed by atoms with E-state index in [9.17, 15) is 14.9 Å². The summed E-state index contributed by atoms with van der Waals surface area (Å²) in [7, 11) is 0. The number of carbonyl (C=O) groups is 2. The van der Waals surface area contributed by atoms with E-state index in [2.05, 4.69) is 21.4 Å². The van der Waals surface area contributed by atoms with Gasteiger partial charge in [0.15, 0.2) is 0 Å². The molecule has 0 radical (unpaired) electrons. The first-order valence-corrected chi connectivity index (χ1v) is 10.7. The van der Waals surface area contributed by atoms with Crippen molar-refractivity contribution in [1.29, 1.82) is 5.26 Å². The molecule has 1 aliphatic rings. The summed E-state index contributed by atoms with van der Waals surface area (Å²) < 4.78 is 5.36. The molecule has 160 valence electrons. The molecule has 32 heavy (non-hydrogen) atoms. The average molecular weight is 446 g/mol. The number of aromatic nitrogens is 2. The predicted molar refractivity (Wildman–Crippen MR) is 119 cm³/mol. The molecule has 0 aromatic carbocycles. The van der Waals surface area contributed by atoms with E-state index in [-0.39, 0.29) is 12.5 Å². The number of carbonyl (C=O) groups excluding carboxylic acids is 2. The van der Waals surface area contributed by atoms with Crippen molar-refractivity contribution in [2.45, 2.75) is 19.6 Å². The highest BCUT2D eigenvalue weighted by Crippen LogP contribution is 2.36. The summed E-state index contributed by atoms with van der Waals surface area (Å²) in [5, 5.41) is 12.9. The standard InChI is InChI=1S/C23H19N5O3S/c24-12-19-18-8-11-28(23(30)31-15-17-5-1-2-10-26-17)14-20(18)32-22(19)27-21(29)7-6-16-4-3-9-25-13-16/h1-7,9-10,13H,8,11,14-15H2,(H,27,29)/b7-6+. The lowest BCUT2D eigenvalue weighted by atomic mass is 10.0. The van der Waals surface area contributed by atoms with Gasteiger partial charge in [-0.25, -0.2) is 4.79 Å². The number of hydrogen-bond donors (Lipinski definition) is 1. The third-order valence-corrected chi connectivity index (χ3v) is 5.98. The zero-order chi connectivity index (χ0) is 22.3. The van der Waals surface area contributed by atoms with E-state index >= 15 is 0 Å². The molecule has 2 amide bonds. The first-order chi connectivity index (χ1) is 15.6. The number of hydrogen-bond acceptors (Lipinski definition) is 7. The number of fused-ring (bicyclic) bond motifs is 1. The number of nitrogens with one attached hydrogen (secondary N) is 1. The second kappa shape index (κ2) is 9.85. The molecule has 0 bridgehead atoms. The van der Waals surface area contributed by atoms with Gasteiger partial charge in [-0.15, -0.1) is 11.3 Å². The number of ether oxygens (including phenoxy) is 1. The Labute approximate surface area is 188 Å². The highest BCUT2D eigenvalue weighted by Gasteiger charge is 2.28. The number of thiophene rings is 1. The number of anilines is 1. The SMILES string of the molecule is N#Cc1c(NC(=O)/C=C/c2cccnc2)sc2c1CCN(C(=O)OCc1ccccn1)C2. The monoisotopic (exact) mass is 445 g/mol. The van der Waals surface area contributed by atoms with E-state index in [1.807, 2.05) is 12.1 Å². The topological polar surface area (TPSA) is 108 Å². The van der Waals surface area contributed by atoms with Crippen LogP contribution in [0, 0.1) is 11.3 Å². The normalized spacial score (nSPS) is 12.8. The Balaban J connectivity index is 1.41. The molecule has 1 N–H and O–H groups in total. The maximum absolute atomic E-state index is 12.5. The van der Waals surface area contributed by atoms with Crippen LogP contribution in [0.5, 0.6) is 0 Å². The van der Waals surface area contributed by atoms with E-state index in [1.54, 1.807) is 47.8 Å². The maximum Gasteiger partial charge on any atom is 0.410 e. The number of pyridine rings is 2. The van der Waals surface area contributed by atoms with Gasteiger partial charge in [-0.1, -0.05) is 12.1 Å². The molecule has 0 unspecified atom stereocenters. The van der Waals surface area contributed by atoms with Crippen molar-refractivity contribution in [3.05, 3.63) is 82.3 Å². The summed E-state index contributed by atoms with van der Waals surface area (Å²) in [4.78, 5) is 35.4. The molecule has 9 heteroatoms. The second-order valence-electron chi connectivity index (χ2n) is 6.98. The number of amides is 2. The maximum atomic E-state index is 12.5. The molecule has 0 atom stereocenters. The van der Waals surface area contributed by atoms with Gasteiger partial charge in [0.25, 0.3) is 0 Å². The molecule has 0 saturated carbocycles. The Morgan fingerprint density at radius 3 is 2.94 bits per heavy atom. The lowest BCUT2D eigenvalue weighted by Gasteiger charge is -2.26. The molecule has 4 rings (SSSR count). The summed E-state index contributed by atoms with van der Waals surface area (Å²) >= 11 is 1.31. The highest BCUT2D eigenvalue weighted by atomic mass is 32.1. The summed E-state index contributed by atoms with van der Waals surface area (Å²) in [6, 6.07) is 11.2. The van der Waals surface area contributed by atoms with Crippen LogP contribution in [0.2, 0.25) is 0 Å². The molecular formula is C23H19N5O3S. The number of nitriles is 1. The van der Waals surface area contributed by atoms with Gasteiger partial charge in [0.05, 0.1) is 17.8 Å². The van der Waals surface area contributed by atoms with Crippen LogP contribution in [0.15, 0.2) is 55.0 Å². The summed E-state index contributed by atoms with van der Waals surface area (Å²) in [5.74, 6) is -0.337. The third-order valence-electron chi connectivity index (χ3n) is 4.84. The predicted octanol–water partition coefficient (Wildman–Crippen LogP) is 3.76. The largest absolute Gasteiger partial charge is 0.443 e. The van der Waals surface area contributed by atoms with E-state index in [4.69, 9.17) is 4.74 Å². The van der Waals surface area contributed by atoms with E-state index in [1.165, 1.54) is 17.4 Å². The van der Waals surface area contributed by atoms with E-state index in [0.29, 0.717) is 35.8 Å². The van der Waals surface area contributed by atoms with Crippen LogP contribution in [-0.2, 0) is 29.1 Å². The van der Waals surface area contributed by atoms with Crippen LogP contribution in [0.1, 0.15) is 27.3 Å². The van der Waals surface area contributed by atoms with Crippen LogP contribution in [0.25, 0.3) is 6.08 Å². The first-order valence-electron chi connectivity index (χ1n) is 9.89. The Kier molecular flexibility index (Phi) is 6.53. The smallest absolute Gasteiger partial charge is 0.410 e. The summed E-state index contributed by atoms with van der Waals surface area (Å²) in [5.41, 5.74) is 2.80. The zero-order valence-electron chi connectivity index (χ0n) is 17.0. The summed E-state index contributed by atoms with van der Waals surface area (Å²) in [6.07, 6.45) is 8.10. The molecule has 3 aromatic heterocycles. The van der Waals surface area contributed by atoms with Gasteiger partial charge >= 0.3 is 6.09 Å². The van der Waals surface area contributed by atoms with Crippen LogP contribution < -0.4 is 5.32 Å². The zero-order valence-corrected chi connectivity index (χ0v) is 17.8. The molecule has 0 fully saturated rings. The third kappa shape index (κ3) is 4.99. The molecule has 0 aliphatic carbocycles. The molecule has 1 aliphatic heterocycles. The Bertz CT molecular complexity index is 1190. The number of rotatable bonds is 5. The molecule has 3 aromatic rings. The lowest BCUT2D eigenvalue weighted by Crippen LogP contribution is -2.35. The fourth-order valence-corrected chi connectivity index (χ4v) is 4.49. The van der Waals surface area contributed by atoms with Crippen molar-refractivity contribution in [2.24, 2.45) is 0 Å². The summed E-state index contributed by atoms with van der Waals surface area (Å²) in [6.45, 7) is 0.867. The molecule has 0 spiro atoms. The highest BCUT2D eigenvalue weighted by molar-refractivity contribution is 7.16. The Morgan fingerprint density at radius 1 is 1.28 bits per heavy atom. The average Bonchev–Trinajstić information content (AvgIpc) is 3.18. The van der Waals surface area contributed by atoms with Gasteiger partial charge in [0.2, 0.25) is 5.91 Å². The van der Waals surface area contributed by atoms with Gasteiger partial charge in [0.1, 0.15) is 17.7 Å².